The summed E-state index contributed by atoms with van der Waals surface area (Å²) in [4.78, 5) is 10.9. The van der Waals surface area contributed by atoms with Crippen LogP contribution in [-0.2, 0) is 15.6 Å². The van der Waals surface area contributed by atoms with Crippen LogP contribution in [-0.4, -0.2) is 21.0 Å². The largest absolute Gasteiger partial charge is 0.481 e. The summed E-state index contributed by atoms with van der Waals surface area (Å²) in [6, 6.07) is 6.80. The number of halogens is 1. The van der Waals surface area contributed by atoms with Gasteiger partial charge < -0.3 is 5.11 Å². The van der Waals surface area contributed by atoms with Crippen LogP contribution in [0.25, 0.3) is 0 Å². The summed E-state index contributed by atoms with van der Waals surface area (Å²) >= 11 is 5.74. The van der Waals surface area contributed by atoms with Gasteiger partial charge in [0.2, 0.25) is 0 Å². The maximum absolute atomic E-state index is 11.6. The van der Waals surface area contributed by atoms with Gasteiger partial charge in [-0.25, -0.2) is 0 Å². The van der Waals surface area contributed by atoms with Crippen molar-refractivity contribution in [3.05, 3.63) is 29.3 Å². The number of hydrogen-bond acceptors (Lipinski definition) is 2. The predicted molar refractivity (Wildman–Crippen MR) is 59.6 cm³/mol. The molecule has 1 unspecified atom stereocenters. The van der Waals surface area contributed by atoms with Crippen LogP contribution >= 0.6 is 11.6 Å². The standard InChI is InChI=1S/C10H11ClO3S/c11-8-3-1-4-9(7-8)15(14)6-2-5-10(12)13/h1,3-4,7H,2,5-6H2,(H,12,13). The molecule has 0 spiro atoms. The Morgan fingerprint density at radius 1 is 1.47 bits per heavy atom. The Kier molecular flexibility index (Phi) is 4.78. The quantitative estimate of drug-likeness (QED) is 0.868. The minimum Gasteiger partial charge on any atom is -0.481 e. The van der Waals surface area contributed by atoms with Crippen molar-refractivity contribution in [2.75, 3.05) is 5.75 Å². The summed E-state index contributed by atoms with van der Waals surface area (Å²) in [5.41, 5.74) is 0. The third-order valence-electron chi connectivity index (χ3n) is 1.78. The van der Waals surface area contributed by atoms with Gasteiger partial charge in [0.15, 0.2) is 0 Å². The lowest BCUT2D eigenvalue weighted by molar-refractivity contribution is -0.137. The van der Waals surface area contributed by atoms with E-state index >= 15 is 0 Å². The lowest BCUT2D eigenvalue weighted by Gasteiger charge is -2.01. The molecule has 1 atom stereocenters. The van der Waals surface area contributed by atoms with Crippen LogP contribution < -0.4 is 0 Å². The summed E-state index contributed by atoms with van der Waals surface area (Å²) in [6.07, 6.45) is 0.459. The van der Waals surface area contributed by atoms with Gasteiger partial charge in [-0.1, -0.05) is 17.7 Å². The molecule has 0 amide bonds. The number of aliphatic carboxylic acids is 1. The van der Waals surface area contributed by atoms with Crippen LogP contribution in [0.3, 0.4) is 0 Å². The van der Waals surface area contributed by atoms with Crippen molar-refractivity contribution < 1.29 is 14.1 Å². The Balaban J connectivity index is 2.50. The SMILES string of the molecule is O=C(O)CCCS(=O)c1cccc(Cl)c1. The van der Waals surface area contributed by atoms with Crippen molar-refractivity contribution in [2.45, 2.75) is 17.7 Å². The Bertz CT molecular complexity index is 379. The second-order valence-electron chi connectivity index (χ2n) is 3.00. The van der Waals surface area contributed by atoms with E-state index in [1.807, 2.05) is 0 Å². The highest BCUT2D eigenvalue weighted by atomic mass is 35.5. The summed E-state index contributed by atoms with van der Waals surface area (Å²) < 4.78 is 11.6. The molecule has 82 valence electrons. The van der Waals surface area contributed by atoms with E-state index in [1.54, 1.807) is 24.3 Å². The lowest BCUT2D eigenvalue weighted by atomic mass is 10.3. The zero-order valence-electron chi connectivity index (χ0n) is 7.98. The fraction of sp³-hybridized carbons (Fsp3) is 0.300. The Morgan fingerprint density at radius 2 is 2.20 bits per heavy atom. The van der Waals surface area contributed by atoms with E-state index in [-0.39, 0.29) is 6.42 Å². The minimum absolute atomic E-state index is 0.0479. The van der Waals surface area contributed by atoms with E-state index in [9.17, 15) is 9.00 Å². The van der Waals surface area contributed by atoms with Crippen LogP contribution in [0.15, 0.2) is 29.2 Å². The Hall–Kier alpha value is -0.870. The zero-order chi connectivity index (χ0) is 11.3. The molecule has 1 aromatic rings. The molecule has 0 fully saturated rings. The Labute approximate surface area is 95.5 Å². The highest BCUT2D eigenvalue weighted by Gasteiger charge is 2.05. The molecule has 0 aliphatic rings. The van der Waals surface area contributed by atoms with E-state index in [2.05, 4.69) is 0 Å². The average Bonchev–Trinajstić information content (AvgIpc) is 2.17. The molecular formula is C10H11ClO3S. The number of benzene rings is 1. The maximum Gasteiger partial charge on any atom is 0.303 e. The minimum atomic E-state index is -1.16. The first-order valence-corrected chi connectivity index (χ1v) is 6.15. The highest BCUT2D eigenvalue weighted by molar-refractivity contribution is 7.85. The molecule has 0 aliphatic carbocycles. The smallest absolute Gasteiger partial charge is 0.303 e. The fourth-order valence-corrected chi connectivity index (χ4v) is 2.47. The van der Waals surface area contributed by atoms with E-state index in [0.717, 1.165) is 0 Å². The molecule has 1 N–H and O–H groups in total. The molecule has 1 aromatic carbocycles. The summed E-state index contributed by atoms with van der Waals surface area (Å²) in [7, 11) is -1.16. The molecule has 15 heavy (non-hydrogen) atoms. The highest BCUT2D eigenvalue weighted by Crippen LogP contribution is 2.14. The number of hydrogen-bond donors (Lipinski definition) is 1. The van der Waals surface area contributed by atoms with Crippen molar-refractivity contribution in [3.63, 3.8) is 0 Å². The first-order valence-electron chi connectivity index (χ1n) is 4.45. The van der Waals surface area contributed by atoms with Crippen LogP contribution in [0, 0.1) is 0 Å². The van der Waals surface area contributed by atoms with Crippen molar-refractivity contribution in [2.24, 2.45) is 0 Å². The molecule has 0 saturated carbocycles. The molecule has 5 heteroatoms. The Morgan fingerprint density at radius 3 is 2.80 bits per heavy atom. The first-order chi connectivity index (χ1) is 7.09. The summed E-state index contributed by atoms with van der Waals surface area (Å²) in [6.45, 7) is 0. The van der Waals surface area contributed by atoms with Gasteiger partial charge in [-0.15, -0.1) is 0 Å². The van der Waals surface area contributed by atoms with E-state index < -0.39 is 16.8 Å². The van der Waals surface area contributed by atoms with Gasteiger partial charge in [0.05, 0.1) is 10.8 Å². The van der Waals surface area contributed by atoms with E-state index in [0.29, 0.717) is 22.1 Å². The number of carboxylic acid groups (broad SMARTS) is 1. The van der Waals surface area contributed by atoms with Gasteiger partial charge in [0.1, 0.15) is 0 Å². The van der Waals surface area contributed by atoms with Crippen molar-refractivity contribution in [1.29, 1.82) is 0 Å². The average molecular weight is 247 g/mol. The van der Waals surface area contributed by atoms with Gasteiger partial charge in [0.25, 0.3) is 0 Å². The van der Waals surface area contributed by atoms with E-state index in [1.165, 1.54) is 0 Å². The summed E-state index contributed by atoms with van der Waals surface area (Å²) in [5, 5.41) is 8.96. The van der Waals surface area contributed by atoms with Crippen molar-refractivity contribution in [1.82, 2.24) is 0 Å². The molecule has 1 rings (SSSR count). The van der Waals surface area contributed by atoms with Crippen LogP contribution in [0.2, 0.25) is 5.02 Å². The molecule has 0 radical (unpaired) electrons. The van der Waals surface area contributed by atoms with Gasteiger partial charge in [-0.2, -0.15) is 0 Å². The van der Waals surface area contributed by atoms with Crippen LogP contribution in [0.4, 0.5) is 0 Å². The lowest BCUT2D eigenvalue weighted by Crippen LogP contribution is -2.02. The molecular weight excluding hydrogens is 236 g/mol. The van der Waals surface area contributed by atoms with Gasteiger partial charge in [0, 0.05) is 22.1 Å². The molecule has 0 saturated heterocycles. The topological polar surface area (TPSA) is 54.4 Å². The molecule has 0 bridgehead atoms. The first kappa shape index (κ1) is 12.2. The molecule has 3 nitrogen and oxygen atoms in total. The maximum atomic E-state index is 11.6. The van der Waals surface area contributed by atoms with Gasteiger partial charge in [-0.3, -0.25) is 9.00 Å². The number of carbonyl (C=O) groups is 1. The predicted octanol–water partition coefficient (Wildman–Crippen LogP) is 2.31. The number of rotatable bonds is 5. The third-order valence-corrected chi connectivity index (χ3v) is 3.45. The van der Waals surface area contributed by atoms with Crippen LogP contribution in [0.1, 0.15) is 12.8 Å². The third kappa shape index (κ3) is 4.44. The molecule has 0 aliphatic heterocycles. The summed E-state index contributed by atoms with van der Waals surface area (Å²) in [5.74, 6) is -0.509. The second kappa shape index (κ2) is 5.88. The second-order valence-corrected chi connectivity index (χ2v) is 5.01. The normalized spacial score (nSPS) is 12.3. The number of carboxylic acids is 1. The van der Waals surface area contributed by atoms with Gasteiger partial charge in [-0.05, 0) is 24.6 Å². The molecule has 0 aromatic heterocycles. The monoisotopic (exact) mass is 246 g/mol. The van der Waals surface area contributed by atoms with Gasteiger partial charge >= 0.3 is 5.97 Å². The molecule has 0 heterocycles. The zero-order valence-corrected chi connectivity index (χ0v) is 9.55. The van der Waals surface area contributed by atoms with Crippen molar-refractivity contribution in [3.8, 4) is 0 Å². The van der Waals surface area contributed by atoms with E-state index in [4.69, 9.17) is 16.7 Å². The van der Waals surface area contributed by atoms with Crippen molar-refractivity contribution >= 4 is 28.4 Å². The van der Waals surface area contributed by atoms with Crippen LogP contribution in [0.5, 0.6) is 0 Å². The fourth-order valence-electron chi connectivity index (χ4n) is 1.08.